The quantitative estimate of drug-likeness (QED) is 0.448. The molecule has 3 aromatic rings. The van der Waals surface area contributed by atoms with Gasteiger partial charge in [-0.15, -0.1) is 0 Å². The summed E-state index contributed by atoms with van der Waals surface area (Å²) in [6, 6.07) is 6.08. The third kappa shape index (κ3) is 5.00. The van der Waals surface area contributed by atoms with Gasteiger partial charge >= 0.3 is 5.97 Å². The molecule has 3 aromatic heterocycles. The lowest BCUT2D eigenvalue weighted by molar-refractivity contribution is -0.152. The molecule has 1 aliphatic heterocycles. The van der Waals surface area contributed by atoms with Crippen LogP contribution in [-0.2, 0) is 16.0 Å². The summed E-state index contributed by atoms with van der Waals surface area (Å²) in [5.41, 5.74) is 2.80. The Balaban J connectivity index is 1.16. The van der Waals surface area contributed by atoms with Gasteiger partial charge in [0.25, 0.3) is 0 Å². The van der Waals surface area contributed by atoms with Crippen molar-refractivity contribution in [3.63, 3.8) is 0 Å². The number of nitrogens with zero attached hydrogens (tertiary/aromatic N) is 4. The van der Waals surface area contributed by atoms with Crippen molar-refractivity contribution >= 4 is 34.6 Å². The number of nitrogens with one attached hydrogen (secondary N) is 1. The highest BCUT2D eigenvalue weighted by molar-refractivity contribution is 6.30. The molecule has 2 fully saturated rings. The van der Waals surface area contributed by atoms with Crippen LogP contribution >= 0.6 is 11.6 Å². The molecule has 1 aliphatic carbocycles. The van der Waals surface area contributed by atoms with E-state index in [1.807, 2.05) is 31.3 Å². The molecule has 186 valence electrons. The third-order valence-electron chi connectivity index (χ3n) is 7.60. The van der Waals surface area contributed by atoms with Crippen molar-refractivity contribution in [1.82, 2.24) is 19.9 Å². The Morgan fingerprint density at radius 1 is 1.20 bits per heavy atom. The molecule has 0 radical (unpaired) electrons. The SMILES string of the molecule is CCc1cc2[nH]c(-c3ccc(N4CCC(OC5CCC(C)(C(=O)O)CC5)CC4)nc3)nc2nc1Cl. The van der Waals surface area contributed by atoms with Crippen LogP contribution in [0.15, 0.2) is 24.4 Å². The average molecular weight is 498 g/mol. The number of hydrogen-bond acceptors (Lipinski definition) is 6. The van der Waals surface area contributed by atoms with Crippen molar-refractivity contribution < 1.29 is 14.6 Å². The van der Waals surface area contributed by atoms with E-state index in [1.54, 1.807) is 0 Å². The van der Waals surface area contributed by atoms with Crippen molar-refractivity contribution in [2.75, 3.05) is 18.0 Å². The van der Waals surface area contributed by atoms with Crippen molar-refractivity contribution in [2.24, 2.45) is 5.41 Å². The van der Waals surface area contributed by atoms with Gasteiger partial charge in [0, 0.05) is 24.8 Å². The summed E-state index contributed by atoms with van der Waals surface area (Å²) in [5.74, 6) is 0.997. The number of pyridine rings is 2. The van der Waals surface area contributed by atoms with Gasteiger partial charge in [-0.1, -0.05) is 18.5 Å². The summed E-state index contributed by atoms with van der Waals surface area (Å²) in [7, 11) is 0. The summed E-state index contributed by atoms with van der Waals surface area (Å²) in [4.78, 5) is 30.8. The largest absolute Gasteiger partial charge is 0.481 e. The van der Waals surface area contributed by atoms with Gasteiger partial charge in [-0.3, -0.25) is 4.79 Å². The molecule has 0 unspecified atom stereocenters. The molecule has 1 saturated heterocycles. The minimum atomic E-state index is -0.685. The molecule has 0 aromatic carbocycles. The van der Waals surface area contributed by atoms with Crippen LogP contribution in [0.1, 0.15) is 57.9 Å². The molecular weight excluding hydrogens is 466 g/mol. The fraction of sp³-hybridized carbons (Fsp3) is 0.538. The fourth-order valence-corrected chi connectivity index (χ4v) is 5.40. The number of hydrogen-bond donors (Lipinski definition) is 2. The number of imidazole rings is 1. The van der Waals surface area contributed by atoms with Gasteiger partial charge in [-0.05, 0) is 75.6 Å². The molecule has 0 amide bonds. The first-order chi connectivity index (χ1) is 16.8. The highest BCUT2D eigenvalue weighted by Gasteiger charge is 2.38. The number of rotatable bonds is 6. The maximum atomic E-state index is 11.5. The number of aromatic amines is 1. The van der Waals surface area contributed by atoms with Gasteiger partial charge in [-0.2, -0.15) is 0 Å². The zero-order valence-electron chi connectivity index (χ0n) is 20.3. The third-order valence-corrected chi connectivity index (χ3v) is 7.93. The molecule has 0 bridgehead atoms. The molecule has 35 heavy (non-hydrogen) atoms. The number of ether oxygens (including phenoxy) is 1. The molecule has 4 heterocycles. The first kappa shape index (κ1) is 24.0. The predicted molar refractivity (Wildman–Crippen MR) is 136 cm³/mol. The van der Waals surface area contributed by atoms with Crippen LogP contribution in [0.4, 0.5) is 5.82 Å². The van der Waals surface area contributed by atoms with E-state index < -0.39 is 11.4 Å². The molecule has 2 N–H and O–H groups in total. The molecule has 1 saturated carbocycles. The van der Waals surface area contributed by atoms with Crippen LogP contribution < -0.4 is 4.90 Å². The van der Waals surface area contributed by atoms with Crippen molar-refractivity contribution in [3.05, 3.63) is 35.1 Å². The monoisotopic (exact) mass is 497 g/mol. The normalized spacial score (nSPS) is 23.6. The van der Waals surface area contributed by atoms with E-state index in [2.05, 4.69) is 26.8 Å². The molecule has 0 spiro atoms. The lowest BCUT2D eigenvalue weighted by Gasteiger charge is -2.38. The van der Waals surface area contributed by atoms with Crippen LogP contribution in [0.2, 0.25) is 5.15 Å². The summed E-state index contributed by atoms with van der Waals surface area (Å²) >= 11 is 6.24. The Kier molecular flexibility index (Phi) is 6.68. The number of aromatic nitrogens is 4. The molecule has 5 rings (SSSR count). The summed E-state index contributed by atoms with van der Waals surface area (Å²) < 4.78 is 6.35. The summed E-state index contributed by atoms with van der Waals surface area (Å²) in [6.07, 6.45) is 8.01. The standard InChI is InChI=1S/C26H32ClN5O3/c1-3-16-14-20-24(30-22(16)27)31-23(29-20)17-4-5-21(28-15-17)32-12-8-19(9-13-32)35-18-6-10-26(2,11-7-18)25(33)34/h4-5,14-15,18-19H,3,6-13H2,1-2H3,(H,33,34)(H,29,30,31). The van der Waals surface area contributed by atoms with Gasteiger partial charge in [0.15, 0.2) is 5.65 Å². The van der Waals surface area contributed by atoms with Gasteiger partial charge in [0.05, 0.1) is 23.1 Å². The highest BCUT2D eigenvalue weighted by atomic mass is 35.5. The second-order valence-corrected chi connectivity index (χ2v) is 10.4. The predicted octanol–water partition coefficient (Wildman–Crippen LogP) is 5.25. The van der Waals surface area contributed by atoms with Crippen LogP contribution in [0.5, 0.6) is 0 Å². The van der Waals surface area contributed by atoms with Gasteiger partial charge < -0.3 is 19.7 Å². The Bertz CT molecular complexity index is 1200. The number of H-pyrrole nitrogens is 1. The van der Waals surface area contributed by atoms with E-state index >= 15 is 0 Å². The number of carboxylic acid groups (broad SMARTS) is 1. The maximum Gasteiger partial charge on any atom is 0.309 e. The first-order valence-corrected chi connectivity index (χ1v) is 12.9. The number of carboxylic acids is 1. The van der Waals surface area contributed by atoms with Crippen molar-refractivity contribution in [1.29, 1.82) is 0 Å². The number of aliphatic carboxylic acids is 1. The zero-order valence-corrected chi connectivity index (χ0v) is 21.0. The van der Waals surface area contributed by atoms with Crippen LogP contribution in [0.3, 0.4) is 0 Å². The minimum absolute atomic E-state index is 0.179. The van der Waals surface area contributed by atoms with Crippen LogP contribution in [-0.4, -0.2) is 56.3 Å². The molecule has 2 aliphatic rings. The van der Waals surface area contributed by atoms with E-state index in [0.717, 1.165) is 73.5 Å². The smallest absolute Gasteiger partial charge is 0.309 e. The first-order valence-electron chi connectivity index (χ1n) is 12.5. The van der Waals surface area contributed by atoms with Gasteiger partial charge in [-0.25, -0.2) is 15.0 Å². The summed E-state index contributed by atoms with van der Waals surface area (Å²) in [6.45, 7) is 5.69. The number of aryl methyl sites for hydroxylation is 1. The lowest BCUT2D eigenvalue weighted by Crippen LogP contribution is -2.41. The van der Waals surface area contributed by atoms with E-state index in [9.17, 15) is 9.90 Å². The molecule has 0 atom stereocenters. The van der Waals surface area contributed by atoms with E-state index in [4.69, 9.17) is 21.3 Å². The van der Waals surface area contributed by atoms with Crippen LogP contribution in [0, 0.1) is 5.41 Å². The van der Waals surface area contributed by atoms with Gasteiger partial charge in [0.2, 0.25) is 0 Å². The second-order valence-electron chi connectivity index (χ2n) is 10.0. The Hall–Kier alpha value is -2.71. The zero-order chi connectivity index (χ0) is 24.6. The number of carbonyl (C=O) groups is 1. The fourth-order valence-electron chi connectivity index (χ4n) is 5.13. The minimum Gasteiger partial charge on any atom is -0.481 e. The average Bonchev–Trinajstić information content (AvgIpc) is 3.28. The Labute approximate surface area is 210 Å². The second kappa shape index (κ2) is 9.74. The number of anilines is 1. The van der Waals surface area contributed by atoms with E-state index in [0.29, 0.717) is 23.6 Å². The van der Waals surface area contributed by atoms with Gasteiger partial charge in [0.1, 0.15) is 16.8 Å². The highest BCUT2D eigenvalue weighted by Crippen LogP contribution is 2.38. The van der Waals surface area contributed by atoms with Crippen molar-refractivity contribution in [3.8, 4) is 11.4 Å². The van der Waals surface area contributed by atoms with Crippen LogP contribution in [0.25, 0.3) is 22.6 Å². The molecule has 8 nitrogen and oxygen atoms in total. The van der Waals surface area contributed by atoms with E-state index in [1.165, 1.54) is 0 Å². The Morgan fingerprint density at radius 3 is 2.54 bits per heavy atom. The molecular formula is C26H32ClN5O3. The number of halogens is 1. The lowest BCUT2D eigenvalue weighted by atomic mass is 9.75. The number of fused-ring (bicyclic) bond motifs is 1. The number of piperidine rings is 1. The Morgan fingerprint density at radius 2 is 1.91 bits per heavy atom. The molecule has 9 heteroatoms. The topological polar surface area (TPSA) is 104 Å². The summed E-state index contributed by atoms with van der Waals surface area (Å²) in [5, 5.41) is 9.92. The van der Waals surface area contributed by atoms with E-state index in [-0.39, 0.29) is 12.2 Å². The maximum absolute atomic E-state index is 11.5. The van der Waals surface area contributed by atoms with Crippen molar-refractivity contribution in [2.45, 2.75) is 71.0 Å².